The molecule has 2 heterocycles. The molecule has 32 heavy (non-hydrogen) atoms. The van der Waals surface area contributed by atoms with E-state index in [-0.39, 0.29) is 11.7 Å². The summed E-state index contributed by atoms with van der Waals surface area (Å²) in [5.41, 5.74) is 1.79. The van der Waals surface area contributed by atoms with E-state index in [0.717, 1.165) is 43.5 Å². The first-order chi connectivity index (χ1) is 15.5. The van der Waals surface area contributed by atoms with E-state index in [2.05, 4.69) is 17.1 Å². The van der Waals surface area contributed by atoms with E-state index in [9.17, 15) is 9.18 Å². The molecule has 2 atom stereocenters. The van der Waals surface area contributed by atoms with Crippen molar-refractivity contribution in [2.45, 2.75) is 50.7 Å². The van der Waals surface area contributed by atoms with Crippen molar-refractivity contribution in [1.29, 1.82) is 0 Å². The van der Waals surface area contributed by atoms with Gasteiger partial charge in [-0.25, -0.2) is 4.39 Å². The van der Waals surface area contributed by atoms with Crippen LogP contribution in [0, 0.1) is 5.82 Å². The summed E-state index contributed by atoms with van der Waals surface area (Å²) in [4.78, 5) is 15.7. The maximum absolute atomic E-state index is 13.8. The van der Waals surface area contributed by atoms with Crippen LogP contribution in [0.25, 0.3) is 11.1 Å². The highest BCUT2D eigenvalue weighted by molar-refractivity contribution is 5.86. The highest BCUT2D eigenvalue weighted by Crippen LogP contribution is 2.33. The number of methoxy groups -OCH3 is 1. The molecule has 0 spiro atoms. The molecule has 4 rings (SSSR count). The van der Waals surface area contributed by atoms with Crippen molar-refractivity contribution in [2.24, 2.45) is 0 Å². The Morgan fingerprint density at radius 2 is 2.06 bits per heavy atom. The number of benzene rings is 2. The molecule has 2 aromatic rings. The van der Waals surface area contributed by atoms with Gasteiger partial charge in [-0.05, 0) is 68.1 Å². The number of hydrogen-bond donors (Lipinski definition) is 1. The third-order valence-electron chi connectivity index (χ3n) is 6.84. The number of carbonyl (C=O) groups excluding carboxylic acids is 1. The zero-order chi connectivity index (χ0) is 22.6. The molecule has 1 amide bonds. The normalized spacial score (nSPS) is 23.4. The number of halogens is 1. The van der Waals surface area contributed by atoms with Crippen molar-refractivity contribution >= 4 is 5.91 Å². The number of carbonyl (C=O) groups is 1. The van der Waals surface area contributed by atoms with Gasteiger partial charge in [0, 0.05) is 31.2 Å². The first-order valence-corrected chi connectivity index (χ1v) is 11.6. The maximum Gasteiger partial charge on any atom is 0.252 e. The van der Waals surface area contributed by atoms with Crippen molar-refractivity contribution in [3.63, 3.8) is 0 Å². The molecule has 0 radical (unpaired) electrons. The molecule has 2 fully saturated rings. The number of likely N-dealkylation sites (N-methyl/N-ethyl adjacent to an activating group) is 1. The second kappa shape index (κ2) is 10.0. The maximum atomic E-state index is 13.8. The van der Waals surface area contributed by atoms with Gasteiger partial charge >= 0.3 is 0 Å². The lowest BCUT2D eigenvalue weighted by molar-refractivity contribution is -0.141. The SMILES string of the molecule is CCN1CCC[C@H]1CNC(=O)[C@@]1(Cc2ccc(-c3cc(F)ccc3OC)cc2)CCCO1. The van der Waals surface area contributed by atoms with Crippen molar-refractivity contribution in [3.8, 4) is 16.9 Å². The molecule has 172 valence electrons. The van der Waals surface area contributed by atoms with Crippen molar-refractivity contribution in [1.82, 2.24) is 10.2 Å². The van der Waals surface area contributed by atoms with E-state index in [1.54, 1.807) is 13.2 Å². The molecule has 0 saturated carbocycles. The smallest absolute Gasteiger partial charge is 0.252 e. The third kappa shape index (κ3) is 4.81. The Kier molecular flexibility index (Phi) is 7.11. The molecule has 0 aliphatic carbocycles. The summed E-state index contributed by atoms with van der Waals surface area (Å²) in [5, 5.41) is 3.19. The molecule has 0 unspecified atom stereocenters. The number of ether oxygens (including phenoxy) is 2. The second-order valence-electron chi connectivity index (χ2n) is 8.80. The second-order valence-corrected chi connectivity index (χ2v) is 8.80. The van der Waals surface area contributed by atoms with Crippen LogP contribution >= 0.6 is 0 Å². The predicted octanol–water partition coefficient (Wildman–Crippen LogP) is 4.19. The average molecular weight is 441 g/mol. The van der Waals surface area contributed by atoms with Gasteiger partial charge in [-0.15, -0.1) is 0 Å². The number of likely N-dealkylation sites (tertiary alicyclic amines) is 1. The molecule has 2 aliphatic heterocycles. The van der Waals surface area contributed by atoms with Gasteiger partial charge in [-0.3, -0.25) is 9.69 Å². The summed E-state index contributed by atoms with van der Waals surface area (Å²) in [6, 6.07) is 12.8. The van der Waals surface area contributed by atoms with E-state index in [1.807, 2.05) is 24.3 Å². The van der Waals surface area contributed by atoms with Crippen LogP contribution in [0.3, 0.4) is 0 Å². The van der Waals surface area contributed by atoms with E-state index in [4.69, 9.17) is 9.47 Å². The van der Waals surface area contributed by atoms with Gasteiger partial charge in [-0.2, -0.15) is 0 Å². The molecule has 2 aliphatic rings. The fraction of sp³-hybridized carbons (Fsp3) is 0.500. The number of nitrogens with one attached hydrogen (secondary N) is 1. The fourth-order valence-electron chi connectivity index (χ4n) is 5.05. The Morgan fingerprint density at radius 3 is 2.75 bits per heavy atom. The van der Waals surface area contributed by atoms with E-state index < -0.39 is 5.60 Å². The molecule has 6 heteroatoms. The Labute approximate surface area is 189 Å². The summed E-state index contributed by atoms with van der Waals surface area (Å²) in [6.45, 7) is 5.59. The Balaban J connectivity index is 1.46. The standard InChI is InChI=1S/C26H33FN2O3/c1-3-29-14-4-6-22(29)18-28-25(30)26(13-5-15-32-26)17-19-7-9-20(10-8-19)23-16-21(27)11-12-24(23)31-2/h7-12,16,22H,3-6,13-15,17-18H2,1-2H3,(H,28,30)/t22-,26-/m0/s1. The van der Waals surface area contributed by atoms with Crippen LogP contribution in [-0.2, 0) is 16.0 Å². The van der Waals surface area contributed by atoms with Crippen molar-refractivity contribution in [3.05, 3.63) is 53.8 Å². The largest absolute Gasteiger partial charge is 0.496 e. The van der Waals surface area contributed by atoms with Crippen LogP contribution in [-0.4, -0.2) is 55.8 Å². The molecular weight excluding hydrogens is 407 g/mol. The Hall–Kier alpha value is -2.44. The third-order valence-corrected chi connectivity index (χ3v) is 6.84. The van der Waals surface area contributed by atoms with Gasteiger partial charge in [-0.1, -0.05) is 31.2 Å². The van der Waals surface area contributed by atoms with Crippen LogP contribution in [0.4, 0.5) is 4.39 Å². The Morgan fingerprint density at radius 1 is 1.25 bits per heavy atom. The van der Waals surface area contributed by atoms with Gasteiger partial charge in [0.05, 0.1) is 7.11 Å². The first-order valence-electron chi connectivity index (χ1n) is 11.6. The van der Waals surface area contributed by atoms with Crippen molar-refractivity contribution in [2.75, 3.05) is 33.4 Å². The van der Waals surface area contributed by atoms with Crippen LogP contribution in [0.5, 0.6) is 5.75 Å². The predicted molar refractivity (Wildman–Crippen MR) is 123 cm³/mol. The highest BCUT2D eigenvalue weighted by Gasteiger charge is 2.43. The summed E-state index contributed by atoms with van der Waals surface area (Å²) in [6.07, 6.45) is 4.46. The Bertz CT molecular complexity index is 925. The minimum absolute atomic E-state index is 0.00571. The van der Waals surface area contributed by atoms with Crippen molar-refractivity contribution < 1.29 is 18.7 Å². The fourth-order valence-corrected chi connectivity index (χ4v) is 5.05. The lowest BCUT2D eigenvalue weighted by atomic mass is 9.89. The lowest BCUT2D eigenvalue weighted by Gasteiger charge is -2.29. The van der Waals surface area contributed by atoms with E-state index >= 15 is 0 Å². The van der Waals surface area contributed by atoms with Gasteiger partial charge in [0.1, 0.15) is 11.6 Å². The van der Waals surface area contributed by atoms with E-state index in [0.29, 0.717) is 36.9 Å². The van der Waals surface area contributed by atoms with Crippen LogP contribution < -0.4 is 10.1 Å². The minimum atomic E-state index is -0.812. The van der Waals surface area contributed by atoms with Gasteiger partial charge in [0.15, 0.2) is 5.60 Å². The highest BCUT2D eigenvalue weighted by atomic mass is 19.1. The number of rotatable bonds is 8. The molecule has 5 nitrogen and oxygen atoms in total. The van der Waals surface area contributed by atoms with Gasteiger partial charge < -0.3 is 14.8 Å². The van der Waals surface area contributed by atoms with Gasteiger partial charge in [0.25, 0.3) is 5.91 Å². The molecule has 2 aromatic carbocycles. The zero-order valence-corrected chi connectivity index (χ0v) is 19.0. The summed E-state index contributed by atoms with van der Waals surface area (Å²) in [7, 11) is 1.58. The summed E-state index contributed by atoms with van der Waals surface area (Å²) >= 11 is 0. The monoisotopic (exact) mass is 440 g/mol. The quantitative estimate of drug-likeness (QED) is 0.669. The molecule has 2 saturated heterocycles. The molecular formula is C26H33FN2O3. The van der Waals surface area contributed by atoms with Crippen LogP contribution in [0.2, 0.25) is 0 Å². The summed E-state index contributed by atoms with van der Waals surface area (Å²) < 4.78 is 25.2. The topological polar surface area (TPSA) is 50.8 Å². The number of nitrogens with zero attached hydrogens (tertiary/aromatic N) is 1. The van der Waals surface area contributed by atoms with E-state index in [1.165, 1.54) is 18.6 Å². The first kappa shape index (κ1) is 22.7. The van der Waals surface area contributed by atoms with Crippen LogP contribution in [0.15, 0.2) is 42.5 Å². The summed E-state index contributed by atoms with van der Waals surface area (Å²) in [5.74, 6) is 0.319. The number of amides is 1. The van der Waals surface area contributed by atoms with Crippen LogP contribution in [0.1, 0.15) is 38.2 Å². The molecule has 1 N–H and O–H groups in total. The number of hydrogen-bond acceptors (Lipinski definition) is 4. The lowest BCUT2D eigenvalue weighted by Crippen LogP contribution is -2.51. The van der Waals surface area contributed by atoms with Gasteiger partial charge in [0.2, 0.25) is 0 Å². The molecule has 0 bridgehead atoms. The molecule has 0 aromatic heterocycles. The minimum Gasteiger partial charge on any atom is -0.496 e. The zero-order valence-electron chi connectivity index (χ0n) is 19.0. The average Bonchev–Trinajstić information content (AvgIpc) is 3.48.